The smallest absolute Gasteiger partial charge is 0.234 e. The van der Waals surface area contributed by atoms with E-state index in [1.165, 1.54) is 0 Å². The molecule has 3 aromatic rings. The van der Waals surface area contributed by atoms with Crippen molar-refractivity contribution >= 4 is 16.9 Å². The Bertz CT molecular complexity index is 1150. The van der Waals surface area contributed by atoms with Crippen LogP contribution in [-0.4, -0.2) is 40.0 Å². The van der Waals surface area contributed by atoms with Gasteiger partial charge in [-0.3, -0.25) is 4.79 Å². The molecule has 1 aliphatic heterocycles. The largest absolute Gasteiger partial charge is 0.342 e. The van der Waals surface area contributed by atoms with Crippen LogP contribution >= 0.6 is 0 Å². The van der Waals surface area contributed by atoms with E-state index in [-0.39, 0.29) is 12.5 Å². The maximum atomic E-state index is 13.2. The Morgan fingerprint density at radius 2 is 1.90 bits per heavy atom. The number of carbonyl (C=O) groups excluding carboxylic acids is 1. The highest BCUT2D eigenvalue weighted by molar-refractivity contribution is 5.90. The van der Waals surface area contributed by atoms with E-state index in [4.69, 9.17) is 21.7 Å². The van der Waals surface area contributed by atoms with Crippen LogP contribution in [0.5, 0.6) is 0 Å². The van der Waals surface area contributed by atoms with Gasteiger partial charge in [-0.25, -0.2) is 4.98 Å². The first kappa shape index (κ1) is 21.0. The van der Waals surface area contributed by atoms with Crippen molar-refractivity contribution in [2.75, 3.05) is 19.6 Å². The first-order valence-electron chi connectivity index (χ1n) is 10.6. The van der Waals surface area contributed by atoms with Crippen LogP contribution in [-0.2, 0) is 17.3 Å². The second-order valence-corrected chi connectivity index (χ2v) is 8.48. The lowest BCUT2D eigenvalue weighted by Crippen LogP contribution is -2.48. The highest BCUT2D eigenvalue weighted by Gasteiger charge is 2.38. The Labute approximate surface area is 182 Å². The number of rotatable bonds is 5. The number of imidazole rings is 1. The van der Waals surface area contributed by atoms with Crippen LogP contribution in [0.1, 0.15) is 48.3 Å². The summed E-state index contributed by atoms with van der Waals surface area (Å²) in [4.78, 5) is 20.0. The number of nitrogens with two attached hydrogens (primary N) is 2. The summed E-state index contributed by atoms with van der Waals surface area (Å²) in [6, 6.07) is 14.8. The van der Waals surface area contributed by atoms with Crippen molar-refractivity contribution < 1.29 is 4.79 Å². The average molecular weight is 417 g/mol. The zero-order valence-corrected chi connectivity index (χ0v) is 18.0. The molecule has 2 aromatic carbocycles. The number of amides is 1. The van der Waals surface area contributed by atoms with Gasteiger partial charge in [0, 0.05) is 26.7 Å². The number of hydrogen-bond donors (Lipinski definition) is 2. The van der Waals surface area contributed by atoms with E-state index in [1.807, 2.05) is 53.8 Å². The molecule has 7 nitrogen and oxygen atoms in total. The second kappa shape index (κ2) is 8.14. The average Bonchev–Trinajstić information content (AvgIpc) is 3.46. The lowest BCUT2D eigenvalue weighted by atomic mass is 9.81. The van der Waals surface area contributed by atoms with Gasteiger partial charge in [0.25, 0.3) is 0 Å². The number of hydrogen-bond acceptors (Lipinski definition) is 5. The number of benzene rings is 2. The first-order valence-corrected chi connectivity index (χ1v) is 10.6. The van der Waals surface area contributed by atoms with Crippen LogP contribution in [0.25, 0.3) is 11.0 Å². The lowest BCUT2D eigenvalue weighted by molar-refractivity contribution is -0.135. The van der Waals surface area contributed by atoms with Crippen LogP contribution in [0.15, 0.2) is 42.5 Å². The highest BCUT2D eigenvalue weighted by atomic mass is 16.2. The second-order valence-electron chi connectivity index (χ2n) is 8.48. The van der Waals surface area contributed by atoms with E-state index < -0.39 is 11.5 Å². The summed E-state index contributed by atoms with van der Waals surface area (Å²) >= 11 is 0. The van der Waals surface area contributed by atoms with Gasteiger partial charge in [-0.15, -0.1) is 0 Å². The Hall–Kier alpha value is -3.21. The van der Waals surface area contributed by atoms with Gasteiger partial charge in [-0.05, 0) is 55.2 Å². The van der Waals surface area contributed by atoms with Gasteiger partial charge < -0.3 is 20.9 Å². The number of carbonyl (C=O) groups is 1. The molecular formula is C24H28N6O. The van der Waals surface area contributed by atoms with Gasteiger partial charge in [-0.2, -0.15) is 5.26 Å². The molecule has 2 heterocycles. The van der Waals surface area contributed by atoms with Crippen LogP contribution in [0, 0.1) is 11.3 Å². The Balaban J connectivity index is 1.71. The molecule has 2 unspecified atom stereocenters. The molecule has 1 amide bonds. The Kier molecular flexibility index (Phi) is 5.52. The van der Waals surface area contributed by atoms with Crippen molar-refractivity contribution in [1.29, 1.82) is 5.26 Å². The van der Waals surface area contributed by atoms with Gasteiger partial charge in [0.1, 0.15) is 5.82 Å². The summed E-state index contributed by atoms with van der Waals surface area (Å²) in [5, 5.41) is 9.01. The fraction of sp³-hybridized carbons (Fsp3) is 0.375. The van der Waals surface area contributed by atoms with Crippen molar-refractivity contribution in [3.8, 4) is 6.07 Å². The quantitative estimate of drug-likeness (QED) is 0.663. The van der Waals surface area contributed by atoms with Crippen LogP contribution in [0.2, 0.25) is 0 Å². The molecule has 7 heteroatoms. The molecule has 2 atom stereocenters. The van der Waals surface area contributed by atoms with E-state index in [1.54, 1.807) is 12.1 Å². The number of fused-ring (bicyclic) bond motifs is 1. The molecule has 0 spiro atoms. The molecule has 1 aliphatic rings. The van der Waals surface area contributed by atoms with E-state index >= 15 is 0 Å². The third-order valence-corrected chi connectivity index (χ3v) is 6.50. The maximum absolute atomic E-state index is 13.2. The molecule has 1 saturated heterocycles. The zero-order valence-electron chi connectivity index (χ0n) is 18.0. The van der Waals surface area contributed by atoms with Crippen LogP contribution in [0.3, 0.4) is 0 Å². The standard InChI is InChI=1S/C24H28N6O/c1-24(15-26,23(31)30-11-3-4-12-30)18-9-10-20-19(13-18)28-22(29(20)2)21(27)17-7-5-16(14-25)6-8-17/h5-10,13,21H,3-4,11-12,15,26-27H2,1-2H3. The van der Waals surface area contributed by atoms with E-state index in [0.717, 1.165) is 53.9 Å². The predicted molar refractivity (Wildman–Crippen MR) is 120 cm³/mol. The molecule has 4 rings (SSSR count). The van der Waals surface area contributed by atoms with E-state index in [0.29, 0.717) is 5.56 Å². The van der Waals surface area contributed by atoms with Gasteiger partial charge in [0.05, 0.1) is 34.1 Å². The summed E-state index contributed by atoms with van der Waals surface area (Å²) in [6.07, 6.45) is 2.09. The molecule has 0 radical (unpaired) electrons. The minimum atomic E-state index is -0.786. The first-order chi connectivity index (χ1) is 14.9. The topological polar surface area (TPSA) is 114 Å². The SMILES string of the molecule is Cn1c(C(N)c2ccc(C#N)cc2)nc2cc(C(C)(CN)C(=O)N3CCCC3)ccc21. The molecule has 4 N–H and O–H groups in total. The molecule has 1 fully saturated rings. The van der Waals surface area contributed by atoms with Crippen molar-refractivity contribution in [3.05, 3.63) is 65.0 Å². The fourth-order valence-corrected chi connectivity index (χ4v) is 4.35. The number of nitrogens with zero attached hydrogens (tertiary/aromatic N) is 4. The summed E-state index contributed by atoms with van der Waals surface area (Å²) in [6.45, 7) is 3.74. The number of aryl methyl sites for hydroxylation is 1. The monoisotopic (exact) mass is 416 g/mol. The van der Waals surface area contributed by atoms with Crippen LogP contribution < -0.4 is 11.5 Å². The van der Waals surface area contributed by atoms with E-state index in [2.05, 4.69) is 6.07 Å². The fourth-order valence-electron chi connectivity index (χ4n) is 4.35. The molecule has 1 aromatic heterocycles. The lowest BCUT2D eigenvalue weighted by Gasteiger charge is -2.32. The Morgan fingerprint density at radius 1 is 1.23 bits per heavy atom. The number of likely N-dealkylation sites (tertiary alicyclic amines) is 1. The molecular weight excluding hydrogens is 388 g/mol. The highest BCUT2D eigenvalue weighted by Crippen LogP contribution is 2.31. The van der Waals surface area contributed by atoms with E-state index in [9.17, 15) is 4.79 Å². The summed E-state index contributed by atoms with van der Waals surface area (Å²) in [7, 11) is 1.94. The van der Waals surface area contributed by atoms with Crippen molar-refractivity contribution in [2.45, 2.75) is 31.2 Å². The van der Waals surface area contributed by atoms with Gasteiger partial charge in [0.2, 0.25) is 5.91 Å². The number of aromatic nitrogens is 2. The normalized spacial score (nSPS) is 16.8. The molecule has 160 valence electrons. The summed E-state index contributed by atoms with van der Waals surface area (Å²) in [5.41, 5.74) is 15.9. The third-order valence-electron chi connectivity index (χ3n) is 6.50. The van der Waals surface area contributed by atoms with Gasteiger partial charge >= 0.3 is 0 Å². The molecule has 31 heavy (non-hydrogen) atoms. The molecule has 0 bridgehead atoms. The van der Waals surface area contributed by atoms with Crippen LogP contribution in [0.4, 0.5) is 0 Å². The predicted octanol–water partition coefficient (Wildman–Crippen LogP) is 2.33. The molecule has 0 aliphatic carbocycles. The van der Waals surface area contributed by atoms with Gasteiger partial charge in [0.15, 0.2) is 0 Å². The summed E-state index contributed by atoms with van der Waals surface area (Å²) < 4.78 is 1.98. The molecule has 0 saturated carbocycles. The Morgan fingerprint density at radius 3 is 2.52 bits per heavy atom. The zero-order chi connectivity index (χ0) is 22.2. The van der Waals surface area contributed by atoms with Crippen molar-refractivity contribution in [2.24, 2.45) is 18.5 Å². The van der Waals surface area contributed by atoms with Crippen molar-refractivity contribution in [1.82, 2.24) is 14.5 Å². The minimum Gasteiger partial charge on any atom is -0.342 e. The van der Waals surface area contributed by atoms with Gasteiger partial charge in [-0.1, -0.05) is 18.2 Å². The number of nitriles is 1. The van der Waals surface area contributed by atoms with Crippen molar-refractivity contribution in [3.63, 3.8) is 0 Å². The summed E-state index contributed by atoms with van der Waals surface area (Å²) in [5.74, 6) is 0.800. The maximum Gasteiger partial charge on any atom is 0.234 e. The minimum absolute atomic E-state index is 0.0808. The third kappa shape index (κ3) is 3.58.